The minimum absolute atomic E-state index is 0.00298. The van der Waals surface area contributed by atoms with E-state index in [0.717, 1.165) is 5.56 Å². The molecule has 0 saturated heterocycles. The van der Waals surface area contributed by atoms with E-state index in [9.17, 15) is 8.78 Å². The van der Waals surface area contributed by atoms with Crippen LogP contribution in [0.5, 0.6) is 0 Å². The van der Waals surface area contributed by atoms with Crippen LogP contribution in [0.2, 0.25) is 0 Å². The van der Waals surface area contributed by atoms with Crippen molar-refractivity contribution >= 4 is 5.95 Å². The highest BCUT2D eigenvalue weighted by atomic mass is 19.1. The zero-order valence-corrected chi connectivity index (χ0v) is 12.3. The highest BCUT2D eigenvalue weighted by Gasteiger charge is 2.18. The van der Waals surface area contributed by atoms with E-state index >= 15 is 0 Å². The van der Waals surface area contributed by atoms with Gasteiger partial charge in [-0.15, -0.1) is 0 Å². The van der Waals surface area contributed by atoms with Gasteiger partial charge in [-0.3, -0.25) is 0 Å². The van der Waals surface area contributed by atoms with E-state index in [1.54, 1.807) is 26.0 Å². The Hall–Kier alpha value is -2.11. The van der Waals surface area contributed by atoms with Gasteiger partial charge in [0, 0.05) is 5.92 Å². The van der Waals surface area contributed by atoms with Crippen LogP contribution in [-0.2, 0) is 0 Å². The van der Waals surface area contributed by atoms with Gasteiger partial charge in [0.25, 0.3) is 0 Å². The van der Waals surface area contributed by atoms with Crippen molar-refractivity contribution in [1.29, 1.82) is 0 Å². The fraction of sp³-hybridized carbons (Fsp3) is 0.400. The molecule has 2 aromatic rings. The van der Waals surface area contributed by atoms with Gasteiger partial charge in [-0.25, -0.2) is 13.8 Å². The number of rotatable bonds is 4. The molecule has 0 amide bonds. The Kier molecular flexibility index (Phi) is 4.45. The van der Waals surface area contributed by atoms with Crippen molar-refractivity contribution in [3.8, 4) is 0 Å². The van der Waals surface area contributed by atoms with Gasteiger partial charge in [0.1, 0.15) is 11.6 Å². The molecule has 0 saturated carbocycles. The van der Waals surface area contributed by atoms with Crippen molar-refractivity contribution in [2.45, 2.75) is 39.3 Å². The van der Waals surface area contributed by atoms with E-state index in [4.69, 9.17) is 5.73 Å². The van der Waals surface area contributed by atoms with Gasteiger partial charge in [0.05, 0.1) is 0 Å². The number of halogens is 2. The summed E-state index contributed by atoms with van der Waals surface area (Å²) >= 11 is 0. The van der Waals surface area contributed by atoms with Gasteiger partial charge in [-0.2, -0.15) is 9.97 Å². The topological polar surface area (TPSA) is 64.7 Å². The van der Waals surface area contributed by atoms with E-state index in [-0.39, 0.29) is 29.9 Å². The second-order valence-electron chi connectivity index (χ2n) is 5.02. The predicted octanol–water partition coefficient (Wildman–Crippen LogP) is 3.47. The van der Waals surface area contributed by atoms with Crippen molar-refractivity contribution in [1.82, 2.24) is 15.0 Å². The van der Waals surface area contributed by atoms with Gasteiger partial charge in [-0.1, -0.05) is 26.0 Å². The molecule has 0 spiro atoms. The van der Waals surface area contributed by atoms with Crippen molar-refractivity contribution in [2.75, 3.05) is 5.73 Å². The monoisotopic (exact) mass is 292 g/mol. The number of nitrogen functional groups attached to an aromatic ring is 1. The molecule has 0 aliphatic rings. The van der Waals surface area contributed by atoms with Crippen LogP contribution in [0.3, 0.4) is 0 Å². The first-order valence-electron chi connectivity index (χ1n) is 6.83. The normalized spacial score (nSPS) is 14.0. The Morgan fingerprint density at radius 2 is 1.86 bits per heavy atom. The number of nitrogens with two attached hydrogens (primary N) is 1. The molecule has 0 fully saturated rings. The first-order valence-corrected chi connectivity index (χ1v) is 6.83. The number of nitrogens with zero attached hydrogens (tertiary/aromatic N) is 3. The Labute approximate surface area is 122 Å². The molecule has 0 radical (unpaired) electrons. The highest BCUT2D eigenvalue weighted by Crippen LogP contribution is 2.25. The smallest absolute Gasteiger partial charge is 0.223 e. The minimum Gasteiger partial charge on any atom is -0.368 e. The van der Waals surface area contributed by atoms with Gasteiger partial charge in [0.15, 0.2) is 12.0 Å². The van der Waals surface area contributed by atoms with Crippen LogP contribution in [0, 0.1) is 12.7 Å². The summed E-state index contributed by atoms with van der Waals surface area (Å²) in [6.07, 6.45) is -0.997. The summed E-state index contributed by atoms with van der Waals surface area (Å²) in [4.78, 5) is 12.1. The molecule has 0 aliphatic carbocycles. The standard InChI is InChI=1S/C15H18F2N4/c1-4-11(16)14-19-13(20-15(18)21-14)9(3)10-5-6-12(17)8(2)7-10/h5-7,9,11H,4H2,1-3H3,(H2,18,19,20,21). The van der Waals surface area contributed by atoms with Crippen molar-refractivity contribution in [3.63, 3.8) is 0 Å². The first-order chi connectivity index (χ1) is 9.92. The molecule has 2 N–H and O–H groups in total. The molecule has 4 nitrogen and oxygen atoms in total. The molecule has 0 bridgehead atoms. The summed E-state index contributed by atoms with van der Waals surface area (Å²) in [5.41, 5.74) is 7.02. The lowest BCUT2D eigenvalue weighted by molar-refractivity contribution is 0.316. The zero-order valence-electron chi connectivity index (χ0n) is 12.3. The number of benzene rings is 1. The molecular weight excluding hydrogens is 274 g/mol. The van der Waals surface area contributed by atoms with E-state index in [1.165, 1.54) is 6.07 Å². The minimum atomic E-state index is -1.27. The van der Waals surface area contributed by atoms with Gasteiger partial charge in [-0.05, 0) is 30.5 Å². The Morgan fingerprint density at radius 3 is 2.48 bits per heavy atom. The van der Waals surface area contributed by atoms with E-state index in [1.807, 2.05) is 6.92 Å². The molecule has 2 atom stereocenters. The molecule has 2 unspecified atom stereocenters. The van der Waals surface area contributed by atoms with Crippen LogP contribution in [0.1, 0.15) is 55.1 Å². The van der Waals surface area contributed by atoms with E-state index in [2.05, 4.69) is 15.0 Å². The summed E-state index contributed by atoms with van der Waals surface area (Å²) in [5.74, 6) is -0.0592. The van der Waals surface area contributed by atoms with Crippen molar-refractivity contribution in [2.24, 2.45) is 0 Å². The number of anilines is 1. The quantitative estimate of drug-likeness (QED) is 0.937. The summed E-state index contributed by atoms with van der Waals surface area (Å²) < 4.78 is 27.1. The molecule has 6 heteroatoms. The predicted molar refractivity (Wildman–Crippen MR) is 77.0 cm³/mol. The van der Waals surface area contributed by atoms with Gasteiger partial charge < -0.3 is 5.73 Å². The molecule has 1 heterocycles. The number of hydrogen-bond acceptors (Lipinski definition) is 4. The average molecular weight is 292 g/mol. The fourth-order valence-corrected chi connectivity index (χ4v) is 2.03. The molecule has 0 aliphatic heterocycles. The Morgan fingerprint density at radius 1 is 1.19 bits per heavy atom. The van der Waals surface area contributed by atoms with Crippen LogP contribution in [0.15, 0.2) is 18.2 Å². The Balaban J connectivity index is 2.40. The average Bonchev–Trinajstić information content (AvgIpc) is 2.47. The molecule has 112 valence electrons. The maximum Gasteiger partial charge on any atom is 0.223 e. The largest absolute Gasteiger partial charge is 0.368 e. The molecule has 1 aromatic carbocycles. The Bertz CT molecular complexity index is 646. The summed E-state index contributed by atoms with van der Waals surface area (Å²) in [6.45, 7) is 5.26. The highest BCUT2D eigenvalue weighted by molar-refractivity contribution is 5.31. The number of alkyl halides is 1. The summed E-state index contributed by atoms with van der Waals surface area (Å²) in [7, 11) is 0. The van der Waals surface area contributed by atoms with Crippen LogP contribution in [0.25, 0.3) is 0 Å². The lowest BCUT2D eigenvalue weighted by Crippen LogP contribution is -2.12. The maximum atomic E-state index is 13.7. The van der Waals surface area contributed by atoms with Gasteiger partial charge >= 0.3 is 0 Å². The van der Waals surface area contributed by atoms with E-state index in [0.29, 0.717) is 11.4 Å². The summed E-state index contributed by atoms with van der Waals surface area (Å²) in [5, 5.41) is 0. The van der Waals surface area contributed by atoms with Crippen LogP contribution < -0.4 is 5.73 Å². The molecule has 2 rings (SSSR count). The third kappa shape index (κ3) is 3.32. The molecule has 21 heavy (non-hydrogen) atoms. The number of aromatic nitrogens is 3. The number of hydrogen-bond donors (Lipinski definition) is 1. The van der Waals surface area contributed by atoms with Gasteiger partial charge in [0.2, 0.25) is 5.95 Å². The lowest BCUT2D eigenvalue weighted by atomic mass is 9.98. The lowest BCUT2D eigenvalue weighted by Gasteiger charge is -2.14. The van der Waals surface area contributed by atoms with Crippen LogP contribution in [-0.4, -0.2) is 15.0 Å². The fourth-order valence-electron chi connectivity index (χ4n) is 2.03. The third-order valence-corrected chi connectivity index (χ3v) is 3.40. The SMILES string of the molecule is CCC(F)c1nc(N)nc(C(C)c2ccc(F)c(C)c2)n1. The zero-order chi connectivity index (χ0) is 15.6. The number of aryl methyl sites for hydroxylation is 1. The second kappa shape index (κ2) is 6.11. The van der Waals surface area contributed by atoms with Crippen LogP contribution >= 0.6 is 0 Å². The second-order valence-corrected chi connectivity index (χ2v) is 5.02. The van der Waals surface area contributed by atoms with Crippen LogP contribution in [0.4, 0.5) is 14.7 Å². The first kappa shape index (κ1) is 15.3. The molecular formula is C15H18F2N4. The van der Waals surface area contributed by atoms with E-state index < -0.39 is 6.17 Å². The van der Waals surface area contributed by atoms with Crippen molar-refractivity contribution in [3.05, 3.63) is 46.8 Å². The summed E-state index contributed by atoms with van der Waals surface area (Å²) in [6, 6.07) is 4.79. The maximum absolute atomic E-state index is 13.7. The molecule has 1 aromatic heterocycles. The third-order valence-electron chi connectivity index (χ3n) is 3.40. The van der Waals surface area contributed by atoms with Crippen molar-refractivity contribution < 1.29 is 8.78 Å².